The lowest BCUT2D eigenvalue weighted by atomic mass is 9.96. The van der Waals surface area contributed by atoms with Crippen LogP contribution in [-0.2, 0) is 21.8 Å². The Hall–Kier alpha value is -3.43. The topological polar surface area (TPSA) is 108 Å². The number of ether oxygens (including phenoxy) is 1. The molecule has 0 radical (unpaired) electrons. The van der Waals surface area contributed by atoms with Gasteiger partial charge in [0, 0.05) is 18.0 Å². The molecule has 0 saturated heterocycles. The second kappa shape index (κ2) is 9.08. The molecular weight excluding hydrogens is 459 g/mol. The Bertz CT molecular complexity index is 1340. The molecule has 1 aliphatic carbocycles. The first-order chi connectivity index (χ1) is 16.1. The first-order valence-corrected chi connectivity index (χ1v) is 12.0. The van der Waals surface area contributed by atoms with Crippen LogP contribution in [0.4, 0.5) is 14.4 Å². The molecule has 0 atom stereocenters. The summed E-state index contributed by atoms with van der Waals surface area (Å²) in [6, 6.07) is 16.0. The van der Waals surface area contributed by atoms with Crippen LogP contribution in [0.25, 0.3) is 11.1 Å². The molecule has 0 spiro atoms. The van der Waals surface area contributed by atoms with E-state index in [0.29, 0.717) is 16.7 Å². The average molecular weight is 485 g/mol. The summed E-state index contributed by atoms with van der Waals surface area (Å²) in [5.41, 5.74) is 12.3. The van der Waals surface area contributed by atoms with Crippen LogP contribution < -0.4 is 15.2 Å². The van der Waals surface area contributed by atoms with Crippen LogP contribution in [0, 0.1) is 20.8 Å². The number of carbonyl (C=O) groups is 1. The zero-order chi connectivity index (χ0) is 24.6. The summed E-state index contributed by atoms with van der Waals surface area (Å²) in [6.45, 7) is 4.99. The SMILES string of the molecule is Cc1c(CN)c(C)c(OS(=O)(=O)F)c(C)c1NC(=O)OCC1c2ccccc2-c2ccccc21. The fourth-order valence-electron chi connectivity index (χ4n) is 4.70. The first kappa shape index (κ1) is 23.7. The molecule has 0 aliphatic heterocycles. The van der Waals surface area contributed by atoms with E-state index >= 15 is 0 Å². The van der Waals surface area contributed by atoms with Gasteiger partial charge in [0.05, 0.1) is 5.69 Å². The summed E-state index contributed by atoms with van der Waals surface area (Å²) < 4.78 is 45.7. The molecule has 1 aliphatic rings. The summed E-state index contributed by atoms with van der Waals surface area (Å²) in [7, 11) is -5.27. The maximum Gasteiger partial charge on any atom is 0.488 e. The van der Waals surface area contributed by atoms with Gasteiger partial charge in [-0.15, -0.1) is 0 Å². The number of fused-ring (bicyclic) bond motifs is 3. The largest absolute Gasteiger partial charge is 0.488 e. The third-order valence-corrected chi connectivity index (χ3v) is 6.66. The lowest BCUT2D eigenvalue weighted by Gasteiger charge is -2.21. The van der Waals surface area contributed by atoms with E-state index in [9.17, 15) is 17.1 Å². The standard InChI is InChI=1S/C25H25FN2O5S/c1-14-21(12-27)15(2)24(33-34(26,30)31)16(3)23(14)28-25(29)32-13-22-19-10-6-4-8-17(19)18-9-5-7-11-20(18)22/h4-11,22H,12-13,27H2,1-3H3,(H,28,29). The molecule has 0 aromatic heterocycles. The number of nitrogens with one attached hydrogen (secondary N) is 1. The molecular formula is C25H25FN2O5S. The average Bonchev–Trinajstić information content (AvgIpc) is 3.12. The van der Waals surface area contributed by atoms with Crippen molar-refractivity contribution in [2.24, 2.45) is 5.73 Å². The second-order valence-electron chi connectivity index (χ2n) is 8.19. The Kier molecular flexibility index (Phi) is 6.33. The van der Waals surface area contributed by atoms with Crippen molar-refractivity contribution in [3.05, 3.63) is 81.9 Å². The number of anilines is 1. The van der Waals surface area contributed by atoms with Gasteiger partial charge in [0.15, 0.2) is 5.75 Å². The van der Waals surface area contributed by atoms with Crippen molar-refractivity contribution in [2.45, 2.75) is 33.2 Å². The van der Waals surface area contributed by atoms with E-state index in [1.54, 1.807) is 13.8 Å². The minimum Gasteiger partial charge on any atom is -0.448 e. The van der Waals surface area contributed by atoms with Crippen LogP contribution in [0.3, 0.4) is 0 Å². The van der Waals surface area contributed by atoms with Crippen LogP contribution in [0.1, 0.15) is 39.3 Å². The van der Waals surface area contributed by atoms with Gasteiger partial charge in [0.25, 0.3) is 0 Å². The molecule has 0 bridgehead atoms. The molecule has 1 amide bonds. The van der Waals surface area contributed by atoms with Crippen LogP contribution in [-0.4, -0.2) is 21.1 Å². The predicted octanol–water partition coefficient (Wildman–Crippen LogP) is 5.02. The molecule has 0 saturated carbocycles. The summed E-state index contributed by atoms with van der Waals surface area (Å²) in [5.74, 6) is -0.323. The molecule has 3 aromatic rings. The van der Waals surface area contributed by atoms with Gasteiger partial charge in [-0.3, -0.25) is 5.32 Å². The van der Waals surface area contributed by atoms with Gasteiger partial charge in [0.2, 0.25) is 0 Å². The first-order valence-electron chi connectivity index (χ1n) is 10.7. The van der Waals surface area contributed by atoms with Crippen LogP contribution in [0.2, 0.25) is 0 Å². The van der Waals surface area contributed by atoms with E-state index < -0.39 is 16.6 Å². The number of rotatable bonds is 6. The van der Waals surface area contributed by atoms with E-state index in [-0.39, 0.29) is 36.1 Å². The highest BCUT2D eigenvalue weighted by Gasteiger charge is 2.29. The number of carbonyl (C=O) groups excluding carboxylic acids is 1. The fourth-order valence-corrected chi connectivity index (χ4v) is 5.15. The number of amides is 1. The highest BCUT2D eigenvalue weighted by Crippen LogP contribution is 2.44. The zero-order valence-electron chi connectivity index (χ0n) is 19.0. The van der Waals surface area contributed by atoms with Crippen LogP contribution in [0.5, 0.6) is 5.75 Å². The quantitative estimate of drug-likeness (QED) is 0.476. The Morgan fingerprint density at radius 1 is 0.971 bits per heavy atom. The number of benzene rings is 3. The molecule has 0 fully saturated rings. The normalized spacial score (nSPS) is 12.7. The van der Waals surface area contributed by atoms with Crippen LogP contribution >= 0.6 is 0 Å². The summed E-state index contributed by atoms with van der Waals surface area (Å²) in [4.78, 5) is 12.8. The molecule has 34 heavy (non-hydrogen) atoms. The fraction of sp³-hybridized carbons (Fsp3) is 0.240. The highest BCUT2D eigenvalue weighted by atomic mass is 32.3. The van der Waals surface area contributed by atoms with Gasteiger partial charge < -0.3 is 14.7 Å². The molecule has 3 N–H and O–H groups in total. The predicted molar refractivity (Wildman–Crippen MR) is 128 cm³/mol. The molecule has 0 heterocycles. The lowest BCUT2D eigenvalue weighted by molar-refractivity contribution is 0.158. The van der Waals surface area contributed by atoms with Crippen molar-refractivity contribution < 1.29 is 26.0 Å². The van der Waals surface area contributed by atoms with E-state index in [2.05, 4.69) is 9.50 Å². The molecule has 9 heteroatoms. The van der Waals surface area contributed by atoms with Gasteiger partial charge in [-0.05, 0) is 59.7 Å². The minimum absolute atomic E-state index is 0.0417. The number of nitrogens with two attached hydrogens (primary N) is 1. The summed E-state index contributed by atoms with van der Waals surface area (Å²) >= 11 is 0. The molecule has 178 valence electrons. The molecule has 0 unspecified atom stereocenters. The van der Waals surface area contributed by atoms with Crippen molar-refractivity contribution in [2.75, 3.05) is 11.9 Å². The second-order valence-corrected chi connectivity index (χ2v) is 9.14. The van der Waals surface area contributed by atoms with Gasteiger partial charge in [-0.2, -0.15) is 8.42 Å². The van der Waals surface area contributed by atoms with Gasteiger partial charge >= 0.3 is 16.6 Å². The van der Waals surface area contributed by atoms with E-state index in [0.717, 1.165) is 22.3 Å². The van der Waals surface area contributed by atoms with E-state index in [4.69, 9.17) is 10.5 Å². The van der Waals surface area contributed by atoms with Crippen molar-refractivity contribution >= 4 is 22.3 Å². The van der Waals surface area contributed by atoms with Crippen molar-refractivity contribution in [1.82, 2.24) is 0 Å². The number of hydrogen-bond donors (Lipinski definition) is 2. The van der Waals surface area contributed by atoms with Crippen molar-refractivity contribution in [3.63, 3.8) is 0 Å². The lowest BCUT2D eigenvalue weighted by Crippen LogP contribution is -2.20. The summed E-state index contributed by atoms with van der Waals surface area (Å²) in [6.07, 6.45) is -0.728. The monoisotopic (exact) mass is 484 g/mol. The number of halogens is 1. The highest BCUT2D eigenvalue weighted by molar-refractivity contribution is 7.81. The Morgan fingerprint density at radius 2 is 1.53 bits per heavy atom. The maximum absolute atomic E-state index is 13.3. The van der Waals surface area contributed by atoms with Gasteiger partial charge in [-0.1, -0.05) is 52.4 Å². The Labute approximate surface area is 198 Å². The number of hydrogen-bond acceptors (Lipinski definition) is 6. The smallest absolute Gasteiger partial charge is 0.448 e. The molecule has 4 rings (SSSR count). The van der Waals surface area contributed by atoms with E-state index in [1.165, 1.54) is 6.92 Å². The Morgan fingerprint density at radius 3 is 2.06 bits per heavy atom. The maximum atomic E-state index is 13.3. The van der Waals surface area contributed by atoms with Gasteiger partial charge in [0.1, 0.15) is 6.61 Å². The molecule has 3 aromatic carbocycles. The van der Waals surface area contributed by atoms with Crippen molar-refractivity contribution in [3.8, 4) is 16.9 Å². The Balaban J connectivity index is 1.59. The van der Waals surface area contributed by atoms with Crippen molar-refractivity contribution in [1.29, 1.82) is 0 Å². The van der Waals surface area contributed by atoms with E-state index in [1.807, 2.05) is 48.5 Å². The third kappa shape index (κ3) is 4.36. The molecule has 7 nitrogen and oxygen atoms in total. The van der Waals surface area contributed by atoms with Gasteiger partial charge in [-0.25, -0.2) is 4.79 Å². The summed E-state index contributed by atoms with van der Waals surface area (Å²) in [5, 5.41) is 2.66. The van der Waals surface area contributed by atoms with Crippen LogP contribution in [0.15, 0.2) is 48.5 Å². The zero-order valence-corrected chi connectivity index (χ0v) is 19.8. The minimum atomic E-state index is -5.27. The third-order valence-electron chi connectivity index (χ3n) is 6.29.